The lowest BCUT2D eigenvalue weighted by Crippen LogP contribution is -2.48. The van der Waals surface area contributed by atoms with Gasteiger partial charge in [0.1, 0.15) is 0 Å². The molecule has 2 aliphatic heterocycles. The minimum Gasteiger partial charge on any atom is -0.465 e. The zero-order chi connectivity index (χ0) is 21.6. The number of likely N-dealkylation sites (tertiary alicyclic amines) is 2. The Morgan fingerprint density at radius 2 is 1.94 bits per heavy atom. The molecule has 4 heterocycles. The SMILES string of the molecule is O=C(Cc1csc(N(Cc2cccnc2)C(=O)O)n1)N1CCC(N2CCCCC2)CC1. The third kappa shape index (κ3) is 5.59. The van der Waals surface area contributed by atoms with Crippen LogP contribution in [0.1, 0.15) is 43.4 Å². The molecule has 0 bridgehead atoms. The number of carboxylic acid groups (broad SMARTS) is 1. The maximum absolute atomic E-state index is 12.8. The molecule has 9 heteroatoms. The first kappa shape index (κ1) is 21.7. The van der Waals surface area contributed by atoms with Gasteiger partial charge >= 0.3 is 6.09 Å². The minimum absolute atomic E-state index is 0.0723. The third-order valence-corrected chi connectivity index (χ3v) is 7.03. The molecule has 2 fully saturated rings. The zero-order valence-corrected chi connectivity index (χ0v) is 18.5. The summed E-state index contributed by atoms with van der Waals surface area (Å²) in [6.45, 7) is 4.14. The first-order chi connectivity index (χ1) is 15.1. The highest BCUT2D eigenvalue weighted by atomic mass is 32.1. The van der Waals surface area contributed by atoms with Gasteiger partial charge in [-0.3, -0.25) is 9.78 Å². The lowest BCUT2D eigenvalue weighted by atomic mass is 9.99. The number of aromatic nitrogens is 2. The Balaban J connectivity index is 1.31. The summed E-state index contributed by atoms with van der Waals surface area (Å²) in [7, 11) is 0. The van der Waals surface area contributed by atoms with Gasteiger partial charge in [0.25, 0.3) is 0 Å². The summed E-state index contributed by atoms with van der Waals surface area (Å²) >= 11 is 1.25. The monoisotopic (exact) mass is 443 g/mol. The molecule has 31 heavy (non-hydrogen) atoms. The number of hydrogen-bond acceptors (Lipinski definition) is 6. The summed E-state index contributed by atoms with van der Waals surface area (Å²) in [5.41, 5.74) is 1.41. The molecule has 2 saturated heterocycles. The standard InChI is InChI=1S/C22H29N5O3S/c28-20(26-11-6-19(7-12-26)25-9-2-1-3-10-25)13-18-16-31-21(24-18)27(22(29)30)15-17-5-4-8-23-14-17/h4-5,8,14,16,19H,1-3,6-7,9-13,15H2,(H,29,30). The van der Waals surface area contributed by atoms with Crippen LogP contribution in [0.3, 0.4) is 0 Å². The van der Waals surface area contributed by atoms with Crippen molar-refractivity contribution in [3.05, 3.63) is 41.2 Å². The highest BCUT2D eigenvalue weighted by Gasteiger charge is 2.28. The van der Waals surface area contributed by atoms with Crippen molar-refractivity contribution in [3.8, 4) is 0 Å². The summed E-state index contributed by atoms with van der Waals surface area (Å²) in [6, 6.07) is 4.20. The van der Waals surface area contributed by atoms with E-state index in [4.69, 9.17) is 0 Å². The minimum atomic E-state index is -1.07. The van der Waals surface area contributed by atoms with Gasteiger partial charge in [0, 0.05) is 36.9 Å². The predicted molar refractivity (Wildman–Crippen MR) is 119 cm³/mol. The Kier molecular flexibility index (Phi) is 7.14. The van der Waals surface area contributed by atoms with E-state index in [1.807, 2.05) is 11.0 Å². The molecule has 0 spiro atoms. The van der Waals surface area contributed by atoms with E-state index < -0.39 is 6.09 Å². The van der Waals surface area contributed by atoms with Crippen LogP contribution in [0.15, 0.2) is 29.9 Å². The van der Waals surface area contributed by atoms with Crippen LogP contribution in [0.5, 0.6) is 0 Å². The molecule has 0 saturated carbocycles. The first-order valence-corrected chi connectivity index (χ1v) is 11.8. The average Bonchev–Trinajstić information content (AvgIpc) is 3.26. The number of hydrogen-bond donors (Lipinski definition) is 1. The number of rotatable bonds is 6. The van der Waals surface area contributed by atoms with Gasteiger partial charge in [0.05, 0.1) is 18.7 Å². The van der Waals surface area contributed by atoms with Crippen molar-refractivity contribution in [3.63, 3.8) is 0 Å². The van der Waals surface area contributed by atoms with Gasteiger partial charge < -0.3 is 14.9 Å². The van der Waals surface area contributed by atoms with Crippen LogP contribution in [0.25, 0.3) is 0 Å². The number of thiazole rings is 1. The quantitative estimate of drug-likeness (QED) is 0.737. The number of carbonyl (C=O) groups excluding carboxylic acids is 1. The van der Waals surface area contributed by atoms with Crippen molar-refractivity contribution >= 4 is 28.5 Å². The molecule has 2 amide bonds. The van der Waals surface area contributed by atoms with E-state index in [2.05, 4.69) is 14.9 Å². The van der Waals surface area contributed by atoms with Gasteiger partial charge in [-0.15, -0.1) is 11.3 Å². The topological polar surface area (TPSA) is 89.9 Å². The predicted octanol–water partition coefficient (Wildman–Crippen LogP) is 3.24. The smallest absolute Gasteiger partial charge is 0.413 e. The molecule has 4 rings (SSSR count). The van der Waals surface area contributed by atoms with Crippen LogP contribution in [-0.4, -0.2) is 69.1 Å². The number of anilines is 1. The van der Waals surface area contributed by atoms with Crippen LogP contribution in [-0.2, 0) is 17.8 Å². The molecule has 0 radical (unpaired) electrons. The lowest BCUT2D eigenvalue weighted by molar-refractivity contribution is -0.132. The molecule has 166 valence electrons. The Bertz CT molecular complexity index is 876. The fourth-order valence-corrected chi connectivity index (χ4v) is 5.24. The van der Waals surface area contributed by atoms with Crippen LogP contribution in [0.4, 0.5) is 9.93 Å². The summed E-state index contributed by atoms with van der Waals surface area (Å²) in [4.78, 5) is 38.7. The van der Waals surface area contributed by atoms with E-state index in [0.717, 1.165) is 31.5 Å². The van der Waals surface area contributed by atoms with Crippen LogP contribution in [0.2, 0.25) is 0 Å². The number of nitrogens with zero attached hydrogens (tertiary/aromatic N) is 5. The summed E-state index contributed by atoms with van der Waals surface area (Å²) < 4.78 is 0. The maximum Gasteiger partial charge on any atom is 0.413 e. The van der Waals surface area contributed by atoms with Crippen molar-refractivity contribution in [1.82, 2.24) is 19.8 Å². The van der Waals surface area contributed by atoms with Crippen LogP contribution < -0.4 is 4.90 Å². The average molecular weight is 444 g/mol. The van der Waals surface area contributed by atoms with E-state index in [0.29, 0.717) is 16.9 Å². The van der Waals surface area contributed by atoms with E-state index in [1.165, 1.54) is 48.6 Å². The molecule has 2 aromatic rings. The van der Waals surface area contributed by atoms with Gasteiger partial charge in [0.2, 0.25) is 5.91 Å². The van der Waals surface area contributed by atoms with Gasteiger partial charge in [-0.1, -0.05) is 12.5 Å². The molecule has 1 N–H and O–H groups in total. The van der Waals surface area contributed by atoms with E-state index in [-0.39, 0.29) is 18.9 Å². The Morgan fingerprint density at radius 3 is 2.61 bits per heavy atom. The van der Waals surface area contributed by atoms with E-state index in [9.17, 15) is 14.7 Å². The van der Waals surface area contributed by atoms with Gasteiger partial charge in [-0.2, -0.15) is 0 Å². The van der Waals surface area contributed by atoms with Crippen molar-refractivity contribution in [2.24, 2.45) is 0 Å². The fraction of sp³-hybridized carbons (Fsp3) is 0.545. The van der Waals surface area contributed by atoms with Crippen LogP contribution >= 0.6 is 11.3 Å². The molecule has 0 aromatic carbocycles. The van der Waals surface area contributed by atoms with Gasteiger partial charge in [0.15, 0.2) is 5.13 Å². The Hall–Kier alpha value is -2.52. The van der Waals surface area contributed by atoms with Crippen molar-refractivity contribution in [2.75, 3.05) is 31.1 Å². The maximum atomic E-state index is 12.8. The fourth-order valence-electron chi connectivity index (χ4n) is 4.42. The largest absolute Gasteiger partial charge is 0.465 e. The number of pyridine rings is 1. The third-order valence-electron chi connectivity index (χ3n) is 6.12. The molecule has 0 unspecified atom stereocenters. The summed E-state index contributed by atoms with van der Waals surface area (Å²) in [5.74, 6) is 0.0723. The van der Waals surface area contributed by atoms with E-state index in [1.54, 1.807) is 23.8 Å². The second kappa shape index (κ2) is 10.2. The molecule has 0 atom stereocenters. The van der Waals surface area contributed by atoms with Gasteiger partial charge in [-0.05, 0) is 50.4 Å². The number of carbonyl (C=O) groups is 2. The summed E-state index contributed by atoms with van der Waals surface area (Å²) in [5, 5.41) is 11.8. The first-order valence-electron chi connectivity index (χ1n) is 11.0. The van der Waals surface area contributed by atoms with Crippen molar-refractivity contribution < 1.29 is 14.7 Å². The normalized spacial score (nSPS) is 18.1. The molecule has 2 aromatic heterocycles. The van der Waals surface area contributed by atoms with Crippen molar-refractivity contribution in [2.45, 2.75) is 51.1 Å². The Morgan fingerprint density at radius 1 is 1.16 bits per heavy atom. The lowest BCUT2D eigenvalue weighted by Gasteiger charge is -2.40. The molecular formula is C22H29N5O3S. The van der Waals surface area contributed by atoms with Crippen molar-refractivity contribution in [1.29, 1.82) is 0 Å². The van der Waals surface area contributed by atoms with E-state index >= 15 is 0 Å². The zero-order valence-electron chi connectivity index (χ0n) is 17.7. The number of piperidine rings is 2. The molecular weight excluding hydrogens is 414 g/mol. The second-order valence-corrected chi connectivity index (χ2v) is 9.07. The molecule has 8 nitrogen and oxygen atoms in total. The van der Waals surface area contributed by atoms with Gasteiger partial charge in [-0.25, -0.2) is 14.7 Å². The highest BCUT2D eigenvalue weighted by molar-refractivity contribution is 7.14. The van der Waals surface area contributed by atoms with Crippen LogP contribution in [0, 0.1) is 0 Å². The Labute approximate surface area is 186 Å². The summed E-state index contributed by atoms with van der Waals surface area (Å²) in [6.07, 6.45) is 8.42. The molecule has 2 aliphatic rings. The molecule has 0 aliphatic carbocycles. The second-order valence-electron chi connectivity index (χ2n) is 8.24. The highest BCUT2D eigenvalue weighted by Crippen LogP contribution is 2.25. The number of amides is 2.